The molecule has 0 saturated carbocycles. The second-order valence-electron chi connectivity index (χ2n) is 7.22. The van der Waals surface area contributed by atoms with Gasteiger partial charge >= 0.3 is 0 Å². The molecular weight excluding hydrogens is 400 g/mol. The van der Waals surface area contributed by atoms with E-state index in [0.29, 0.717) is 24.5 Å². The van der Waals surface area contributed by atoms with Crippen molar-refractivity contribution in [3.8, 4) is 11.5 Å². The molecule has 2 aliphatic heterocycles. The maximum atomic E-state index is 13.1. The molecule has 0 aromatic heterocycles. The van der Waals surface area contributed by atoms with Crippen molar-refractivity contribution in [2.75, 3.05) is 13.3 Å². The van der Waals surface area contributed by atoms with Crippen LogP contribution in [0, 0.1) is 0 Å². The van der Waals surface area contributed by atoms with Gasteiger partial charge in [0.05, 0.1) is 10.6 Å². The number of benzene rings is 3. The van der Waals surface area contributed by atoms with Crippen LogP contribution in [0.25, 0.3) is 0 Å². The Balaban J connectivity index is 1.32. The monoisotopic (exact) mass is 420 g/mol. The SMILES string of the molecule is O=S(=O)(c1ccc(N=Cc2ccc3c(c2)OCO3)cc1)N1CCc2ccccc2C1. The highest BCUT2D eigenvalue weighted by Gasteiger charge is 2.28. The summed E-state index contributed by atoms with van der Waals surface area (Å²) in [4.78, 5) is 4.72. The third-order valence-corrected chi connectivity index (χ3v) is 7.19. The van der Waals surface area contributed by atoms with Crippen LogP contribution in [-0.4, -0.2) is 32.3 Å². The van der Waals surface area contributed by atoms with E-state index < -0.39 is 10.0 Å². The molecule has 152 valence electrons. The average molecular weight is 420 g/mol. The summed E-state index contributed by atoms with van der Waals surface area (Å²) < 4.78 is 38.3. The number of rotatable bonds is 4. The standard InChI is InChI=1S/C23H20N2O4S/c26-30(27,25-12-11-18-3-1-2-4-19(18)15-25)21-8-6-20(7-9-21)24-14-17-5-10-22-23(13-17)29-16-28-22/h1-10,13-14H,11-12,15-16H2. The number of nitrogens with zero attached hydrogens (tertiary/aromatic N) is 2. The molecule has 0 radical (unpaired) electrons. The summed E-state index contributed by atoms with van der Waals surface area (Å²) in [6, 6.07) is 20.2. The summed E-state index contributed by atoms with van der Waals surface area (Å²) in [5.41, 5.74) is 3.84. The van der Waals surface area contributed by atoms with Gasteiger partial charge in [-0.1, -0.05) is 24.3 Å². The van der Waals surface area contributed by atoms with Crippen LogP contribution in [-0.2, 0) is 23.0 Å². The van der Waals surface area contributed by atoms with Gasteiger partial charge in [-0.25, -0.2) is 8.42 Å². The van der Waals surface area contributed by atoms with Crippen molar-refractivity contribution >= 4 is 21.9 Å². The highest BCUT2D eigenvalue weighted by molar-refractivity contribution is 7.89. The molecule has 0 saturated heterocycles. The van der Waals surface area contributed by atoms with E-state index in [2.05, 4.69) is 11.1 Å². The van der Waals surface area contributed by atoms with Gasteiger partial charge in [0.25, 0.3) is 0 Å². The molecule has 0 amide bonds. The Hall–Kier alpha value is -3.16. The van der Waals surface area contributed by atoms with Crippen molar-refractivity contribution in [1.82, 2.24) is 4.31 Å². The molecule has 0 bridgehead atoms. The maximum absolute atomic E-state index is 13.1. The Kier molecular flexibility index (Phi) is 4.77. The van der Waals surface area contributed by atoms with Gasteiger partial charge in [-0.05, 0) is 65.6 Å². The van der Waals surface area contributed by atoms with Gasteiger partial charge in [0.15, 0.2) is 11.5 Å². The van der Waals surface area contributed by atoms with Crippen molar-refractivity contribution in [1.29, 1.82) is 0 Å². The Bertz CT molecular complexity index is 1220. The summed E-state index contributed by atoms with van der Waals surface area (Å²) in [7, 11) is -3.54. The Morgan fingerprint density at radius 1 is 0.900 bits per heavy atom. The van der Waals surface area contributed by atoms with Gasteiger partial charge in [-0.15, -0.1) is 0 Å². The first-order chi connectivity index (χ1) is 14.6. The molecule has 5 rings (SSSR count). The van der Waals surface area contributed by atoms with Crippen LogP contribution in [0.15, 0.2) is 76.6 Å². The second kappa shape index (κ2) is 7.59. The van der Waals surface area contributed by atoms with Crippen LogP contribution in [0.3, 0.4) is 0 Å². The van der Waals surface area contributed by atoms with Crippen molar-refractivity contribution in [2.24, 2.45) is 4.99 Å². The molecule has 0 atom stereocenters. The van der Waals surface area contributed by atoms with E-state index in [1.54, 1.807) is 34.8 Å². The van der Waals surface area contributed by atoms with Crippen molar-refractivity contribution in [3.05, 3.63) is 83.4 Å². The summed E-state index contributed by atoms with van der Waals surface area (Å²) in [5.74, 6) is 1.42. The Morgan fingerprint density at radius 3 is 2.50 bits per heavy atom. The number of aliphatic imine (C=N–C) groups is 1. The highest BCUT2D eigenvalue weighted by Crippen LogP contribution is 2.32. The Morgan fingerprint density at radius 2 is 1.67 bits per heavy atom. The summed E-state index contributed by atoms with van der Waals surface area (Å²) in [6.07, 6.45) is 2.44. The molecule has 3 aromatic rings. The van der Waals surface area contributed by atoms with E-state index in [1.165, 1.54) is 5.56 Å². The fourth-order valence-corrected chi connectivity index (χ4v) is 5.09. The van der Waals surface area contributed by atoms with E-state index in [4.69, 9.17) is 9.47 Å². The van der Waals surface area contributed by atoms with Crippen LogP contribution in [0.4, 0.5) is 5.69 Å². The lowest BCUT2D eigenvalue weighted by atomic mass is 10.0. The molecular formula is C23H20N2O4S. The van der Waals surface area contributed by atoms with Crippen molar-refractivity contribution in [3.63, 3.8) is 0 Å². The lowest BCUT2D eigenvalue weighted by molar-refractivity contribution is 0.174. The van der Waals surface area contributed by atoms with Gasteiger partial charge < -0.3 is 9.47 Å². The van der Waals surface area contributed by atoms with Gasteiger partial charge in [0.2, 0.25) is 16.8 Å². The number of fused-ring (bicyclic) bond motifs is 2. The summed E-state index contributed by atoms with van der Waals surface area (Å²) in [5, 5.41) is 0. The second-order valence-corrected chi connectivity index (χ2v) is 9.16. The quantitative estimate of drug-likeness (QED) is 0.600. The molecule has 2 heterocycles. The first-order valence-corrected chi connectivity index (χ1v) is 11.1. The van der Waals surface area contributed by atoms with E-state index >= 15 is 0 Å². The molecule has 3 aromatic carbocycles. The molecule has 0 N–H and O–H groups in total. The van der Waals surface area contributed by atoms with Crippen LogP contribution in [0.5, 0.6) is 11.5 Å². The van der Waals surface area contributed by atoms with Gasteiger partial charge in [-0.3, -0.25) is 4.99 Å². The molecule has 0 aliphatic carbocycles. The fourth-order valence-electron chi connectivity index (χ4n) is 3.67. The molecule has 7 heteroatoms. The van der Waals surface area contributed by atoms with E-state index in [-0.39, 0.29) is 11.7 Å². The van der Waals surface area contributed by atoms with Crippen LogP contribution < -0.4 is 9.47 Å². The minimum absolute atomic E-state index is 0.231. The largest absolute Gasteiger partial charge is 0.454 e. The van der Waals surface area contributed by atoms with E-state index in [9.17, 15) is 8.42 Å². The average Bonchev–Trinajstić information content (AvgIpc) is 3.25. The van der Waals surface area contributed by atoms with Crippen molar-refractivity contribution in [2.45, 2.75) is 17.9 Å². The lowest BCUT2D eigenvalue weighted by Crippen LogP contribution is -2.35. The summed E-state index contributed by atoms with van der Waals surface area (Å²) in [6.45, 7) is 1.13. The number of hydrogen-bond donors (Lipinski definition) is 0. The first kappa shape index (κ1) is 18.8. The highest BCUT2D eigenvalue weighted by atomic mass is 32.2. The topological polar surface area (TPSA) is 68.2 Å². The fraction of sp³-hybridized carbons (Fsp3) is 0.174. The molecule has 0 unspecified atom stereocenters. The zero-order valence-electron chi connectivity index (χ0n) is 16.2. The number of ether oxygens (including phenoxy) is 2. The lowest BCUT2D eigenvalue weighted by Gasteiger charge is -2.28. The van der Waals surface area contributed by atoms with Crippen molar-refractivity contribution < 1.29 is 17.9 Å². The van der Waals surface area contributed by atoms with Gasteiger partial charge in [0, 0.05) is 19.3 Å². The molecule has 0 fully saturated rings. The van der Waals surface area contributed by atoms with E-state index in [0.717, 1.165) is 23.3 Å². The smallest absolute Gasteiger partial charge is 0.243 e. The minimum atomic E-state index is -3.54. The van der Waals surface area contributed by atoms with Crippen LogP contribution in [0.2, 0.25) is 0 Å². The summed E-state index contributed by atoms with van der Waals surface area (Å²) >= 11 is 0. The number of hydrogen-bond acceptors (Lipinski definition) is 5. The normalized spacial score (nSPS) is 16.0. The predicted molar refractivity (Wildman–Crippen MR) is 114 cm³/mol. The molecule has 2 aliphatic rings. The van der Waals surface area contributed by atoms with Gasteiger partial charge in [-0.2, -0.15) is 4.31 Å². The van der Waals surface area contributed by atoms with E-state index in [1.807, 2.05) is 36.4 Å². The van der Waals surface area contributed by atoms with Gasteiger partial charge in [0.1, 0.15) is 0 Å². The molecule has 6 nitrogen and oxygen atoms in total. The third kappa shape index (κ3) is 3.58. The minimum Gasteiger partial charge on any atom is -0.454 e. The van der Waals surface area contributed by atoms with Crippen LogP contribution >= 0.6 is 0 Å². The molecule has 30 heavy (non-hydrogen) atoms. The number of sulfonamides is 1. The zero-order valence-corrected chi connectivity index (χ0v) is 17.0. The predicted octanol–water partition coefficient (Wildman–Crippen LogP) is 3.91. The Labute approximate surface area is 175 Å². The van der Waals surface area contributed by atoms with Crippen LogP contribution in [0.1, 0.15) is 16.7 Å². The zero-order chi connectivity index (χ0) is 20.6. The maximum Gasteiger partial charge on any atom is 0.243 e. The first-order valence-electron chi connectivity index (χ1n) is 9.70. The third-order valence-electron chi connectivity index (χ3n) is 5.33. The molecule has 0 spiro atoms.